The monoisotopic (exact) mass is 341 g/mol. The molecule has 1 aliphatic rings. The van der Waals surface area contributed by atoms with Crippen molar-refractivity contribution < 1.29 is 14.7 Å². The maximum atomic E-state index is 12.6. The SMILES string of the molecule is CCCCC(Nc1cc(C(=O)NC2CC2)c2ccccc2n1)C(=O)O. The molecule has 132 valence electrons. The van der Waals surface area contributed by atoms with E-state index in [0.29, 0.717) is 23.3 Å². The van der Waals surface area contributed by atoms with Gasteiger partial charge in [-0.3, -0.25) is 4.79 Å². The van der Waals surface area contributed by atoms with Crippen molar-refractivity contribution in [3.8, 4) is 0 Å². The van der Waals surface area contributed by atoms with Crippen molar-refractivity contribution in [3.05, 3.63) is 35.9 Å². The third-order valence-electron chi connectivity index (χ3n) is 4.34. The van der Waals surface area contributed by atoms with E-state index >= 15 is 0 Å². The number of anilines is 1. The van der Waals surface area contributed by atoms with E-state index in [4.69, 9.17) is 0 Å². The van der Waals surface area contributed by atoms with Gasteiger partial charge in [-0.1, -0.05) is 38.0 Å². The predicted octanol–water partition coefficient (Wildman–Crippen LogP) is 3.18. The number of benzene rings is 1. The van der Waals surface area contributed by atoms with E-state index in [1.165, 1.54) is 0 Å². The Hall–Kier alpha value is -2.63. The summed E-state index contributed by atoms with van der Waals surface area (Å²) in [7, 11) is 0. The van der Waals surface area contributed by atoms with Gasteiger partial charge in [0.25, 0.3) is 5.91 Å². The van der Waals surface area contributed by atoms with E-state index in [2.05, 4.69) is 15.6 Å². The molecule has 6 heteroatoms. The summed E-state index contributed by atoms with van der Waals surface area (Å²) in [6.45, 7) is 2.02. The maximum absolute atomic E-state index is 12.6. The number of amides is 1. The number of unbranched alkanes of at least 4 members (excludes halogenated alkanes) is 1. The first-order chi connectivity index (χ1) is 12.1. The normalized spacial score (nSPS) is 14.9. The molecule has 0 radical (unpaired) electrons. The first-order valence-electron chi connectivity index (χ1n) is 8.78. The molecular formula is C19H23N3O3. The lowest BCUT2D eigenvalue weighted by Crippen LogP contribution is -2.30. The van der Waals surface area contributed by atoms with Crippen molar-refractivity contribution in [1.29, 1.82) is 0 Å². The second-order valence-corrected chi connectivity index (χ2v) is 6.50. The van der Waals surface area contributed by atoms with E-state index in [0.717, 1.165) is 31.1 Å². The summed E-state index contributed by atoms with van der Waals surface area (Å²) in [6.07, 6.45) is 4.28. The average molecular weight is 341 g/mol. The highest BCUT2D eigenvalue weighted by Crippen LogP contribution is 2.24. The van der Waals surface area contributed by atoms with E-state index in [1.807, 2.05) is 31.2 Å². The van der Waals surface area contributed by atoms with Gasteiger partial charge >= 0.3 is 5.97 Å². The Balaban J connectivity index is 1.92. The number of para-hydroxylation sites is 1. The van der Waals surface area contributed by atoms with Crippen LogP contribution in [0.2, 0.25) is 0 Å². The quantitative estimate of drug-likeness (QED) is 0.686. The minimum absolute atomic E-state index is 0.135. The van der Waals surface area contributed by atoms with Crippen molar-refractivity contribution in [2.45, 2.75) is 51.1 Å². The molecule has 3 rings (SSSR count). The van der Waals surface area contributed by atoms with Crippen LogP contribution in [0.4, 0.5) is 5.82 Å². The summed E-state index contributed by atoms with van der Waals surface area (Å²) < 4.78 is 0. The molecule has 1 aromatic heterocycles. The van der Waals surface area contributed by atoms with Gasteiger partial charge in [0.15, 0.2) is 0 Å². The summed E-state index contributed by atoms with van der Waals surface area (Å²) in [5.74, 6) is -0.625. The number of hydrogen-bond donors (Lipinski definition) is 3. The minimum Gasteiger partial charge on any atom is -0.480 e. The van der Waals surface area contributed by atoms with Crippen LogP contribution in [0.25, 0.3) is 10.9 Å². The van der Waals surface area contributed by atoms with Crippen LogP contribution < -0.4 is 10.6 Å². The summed E-state index contributed by atoms with van der Waals surface area (Å²) >= 11 is 0. The predicted molar refractivity (Wildman–Crippen MR) is 96.8 cm³/mol. The fourth-order valence-electron chi connectivity index (χ4n) is 2.77. The van der Waals surface area contributed by atoms with E-state index in [1.54, 1.807) is 6.07 Å². The zero-order valence-corrected chi connectivity index (χ0v) is 14.3. The lowest BCUT2D eigenvalue weighted by Gasteiger charge is -2.16. The topological polar surface area (TPSA) is 91.3 Å². The van der Waals surface area contributed by atoms with E-state index < -0.39 is 12.0 Å². The Kier molecular flexibility index (Phi) is 5.16. The molecule has 0 saturated heterocycles. The van der Waals surface area contributed by atoms with Gasteiger partial charge in [-0.05, 0) is 31.4 Å². The molecular weight excluding hydrogens is 318 g/mol. The van der Waals surface area contributed by atoms with Crippen LogP contribution in [0, 0.1) is 0 Å². The zero-order chi connectivity index (χ0) is 17.8. The standard InChI is InChI=1S/C19H23N3O3/c1-2-3-7-16(19(24)25)22-17-11-14(18(23)20-12-9-10-12)13-6-4-5-8-15(13)21-17/h4-6,8,11-12,16H,2-3,7,9-10H2,1H3,(H,20,23)(H,21,22)(H,24,25). The van der Waals surface area contributed by atoms with E-state index in [9.17, 15) is 14.7 Å². The van der Waals surface area contributed by atoms with Gasteiger partial charge in [0.05, 0.1) is 11.1 Å². The van der Waals surface area contributed by atoms with Gasteiger partial charge in [0.1, 0.15) is 11.9 Å². The molecule has 1 saturated carbocycles. The number of aliphatic carboxylic acids is 1. The molecule has 1 heterocycles. The fraction of sp³-hybridized carbons (Fsp3) is 0.421. The Morgan fingerprint density at radius 3 is 2.76 bits per heavy atom. The van der Waals surface area contributed by atoms with Gasteiger partial charge in [-0.25, -0.2) is 9.78 Å². The summed E-state index contributed by atoms with van der Waals surface area (Å²) in [6, 6.07) is 8.61. The van der Waals surface area contributed by atoms with Gasteiger partial charge in [0, 0.05) is 11.4 Å². The second kappa shape index (κ2) is 7.51. The third kappa shape index (κ3) is 4.26. The van der Waals surface area contributed by atoms with Gasteiger partial charge in [-0.2, -0.15) is 0 Å². The molecule has 25 heavy (non-hydrogen) atoms. The lowest BCUT2D eigenvalue weighted by molar-refractivity contribution is -0.138. The number of pyridine rings is 1. The van der Waals surface area contributed by atoms with Gasteiger partial charge < -0.3 is 15.7 Å². The third-order valence-corrected chi connectivity index (χ3v) is 4.34. The van der Waals surface area contributed by atoms with Crippen molar-refractivity contribution in [2.75, 3.05) is 5.32 Å². The van der Waals surface area contributed by atoms with Gasteiger partial charge in [0.2, 0.25) is 0 Å². The molecule has 0 spiro atoms. The maximum Gasteiger partial charge on any atom is 0.326 e. The minimum atomic E-state index is -0.910. The van der Waals surface area contributed by atoms with Gasteiger partial charge in [-0.15, -0.1) is 0 Å². The Morgan fingerprint density at radius 1 is 1.32 bits per heavy atom. The molecule has 6 nitrogen and oxygen atoms in total. The number of rotatable bonds is 8. The molecule has 1 aliphatic carbocycles. The fourth-order valence-corrected chi connectivity index (χ4v) is 2.77. The Bertz CT molecular complexity index is 787. The zero-order valence-electron chi connectivity index (χ0n) is 14.3. The summed E-state index contributed by atoms with van der Waals surface area (Å²) in [4.78, 5) is 28.5. The van der Waals surface area contributed by atoms with Crippen LogP contribution in [0.3, 0.4) is 0 Å². The summed E-state index contributed by atoms with van der Waals surface area (Å²) in [5.41, 5.74) is 1.20. The largest absolute Gasteiger partial charge is 0.480 e. The Morgan fingerprint density at radius 2 is 2.08 bits per heavy atom. The number of hydrogen-bond acceptors (Lipinski definition) is 4. The van der Waals surface area contributed by atoms with Crippen LogP contribution in [-0.2, 0) is 4.79 Å². The lowest BCUT2D eigenvalue weighted by atomic mass is 10.1. The molecule has 1 unspecified atom stereocenters. The molecule has 0 bridgehead atoms. The molecule has 0 aliphatic heterocycles. The molecule has 1 aromatic carbocycles. The molecule has 2 aromatic rings. The van der Waals surface area contributed by atoms with Crippen molar-refractivity contribution in [2.24, 2.45) is 0 Å². The molecule has 1 fully saturated rings. The molecule has 1 atom stereocenters. The number of carboxylic acid groups (broad SMARTS) is 1. The number of carbonyl (C=O) groups excluding carboxylic acids is 1. The van der Waals surface area contributed by atoms with E-state index in [-0.39, 0.29) is 11.9 Å². The second-order valence-electron chi connectivity index (χ2n) is 6.50. The van der Waals surface area contributed by atoms with Crippen LogP contribution in [0.5, 0.6) is 0 Å². The van der Waals surface area contributed by atoms with Crippen molar-refractivity contribution >= 4 is 28.6 Å². The van der Waals surface area contributed by atoms with Crippen molar-refractivity contribution in [3.63, 3.8) is 0 Å². The number of carbonyl (C=O) groups is 2. The van der Waals surface area contributed by atoms with Crippen LogP contribution >= 0.6 is 0 Å². The van der Waals surface area contributed by atoms with Crippen molar-refractivity contribution in [1.82, 2.24) is 10.3 Å². The number of aromatic nitrogens is 1. The molecule has 3 N–H and O–H groups in total. The number of fused-ring (bicyclic) bond motifs is 1. The number of nitrogens with zero attached hydrogens (tertiary/aromatic N) is 1. The smallest absolute Gasteiger partial charge is 0.326 e. The highest BCUT2D eigenvalue weighted by atomic mass is 16.4. The summed E-state index contributed by atoms with van der Waals surface area (Å²) in [5, 5.41) is 16.1. The number of carboxylic acids is 1. The average Bonchev–Trinajstić information content (AvgIpc) is 3.41. The first kappa shape index (κ1) is 17.2. The molecule has 1 amide bonds. The van der Waals surface area contributed by atoms with Crippen LogP contribution in [0.15, 0.2) is 30.3 Å². The highest BCUT2D eigenvalue weighted by molar-refractivity contribution is 6.07. The highest BCUT2D eigenvalue weighted by Gasteiger charge is 2.25. The van der Waals surface area contributed by atoms with Crippen LogP contribution in [-0.4, -0.2) is 34.1 Å². The Labute approximate surface area is 146 Å². The van der Waals surface area contributed by atoms with Crippen LogP contribution in [0.1, 0.15) is 49.4 Å². The first-order valence-corrected chi connectivity index (χ1v) is 8.78. The number of nitrogens with one attached hydrogen (secondary N) is 2.